The van der Waals surface area contributed by atoms with Crippen molar-refractivity contribution in [3.8, 4) is 0 Å². The van der Waals surface area contributed by atoms with Gasteiger partial charge in [0.2, 0.25) is 0 Å². The molecule has 6 heteroatoms. The van der Waals surface area contributed by atoms with Crippen molar-refractivity contribution in [2.75, 3.05) is 0 Å². The van der Waals surface area contributed by atoms with E-state index >= 15 is 0 Å². The lowest BCUT2D eigenvalue weighted by Crippen LogP contribution is -2.30. The number of imidazole rings is 1. The average Bonchev–Trinajstić information content (AvgIpc) is 3.07. The maximum Gasteiger partial charge on any atom is 0.132 e. The van der Waals surface area contributed by atoms with E-state index in [1.807, 2.05) is 12.3 Å². The van der Waals surface area contributed by atoms with Crippen molar-refractivity contribution in [3.63, 3.8) is 0 Å². The molecule has 0 amide bonds. The molecule has 110 valence electrons. The van der Waals surface area contributed by atoms with Crippen LogP contribution in [-0.4, -0.2) is 9.55 Å². The number of hydrogen-bond acceptors (Lipinski definition) is 4. The first kappa shape index (κ1) is 14.2. The van der Waals surface area contributed by atoms with E-state index in [9.17, 15) is 4.39 Å². The van der Waals surface area contributed by atoms with Crippen molar-refractivity contribution in [2.24, 2.45) is 5.84 Å². The first-order chi connectivity index (χ1) is 10.2. The van der Waals surface area contributed by atoms with Crippen LogP contribution in [0.15, 0.2) is 36.7 Å². The maximum absolute atomic E-state index is 13.3. The molecule has 3 rings (SSSR count). The summed E-state index contributed by atoms with van der Waals surface area (Å²) in [6.45, 7) is 3.02. The van der Waals surface area contributed by atoms with Gasteiger partial charge < -0.3 is 4.57 Å². The SMILES string of the molecule is CCCn1ccnc1C(NN)c1cc2ccc(F)cc2s1. The Morgan fingerprint density at radius 2 is 2.29 bits per heavy atom. The predicted molar refractivity (Wildman–Crippen MR) is 83.5 cm³/mol. The molecule has 3 aromatic rings. The summed E-state index contributed by atoms with van der Waals surface area (Å²) in [7, 11) is 0. The monoisotopic (exact) mass is 304 g/mol. The molecule has 2 aromatic heterocycles. The molecule has 0 aliphatic rings. The van der Waals surface area contributed by atoms with Gasteiger partial charge in [0.1, 0.15) is 17.7 Å². The fraction of sp³-hybridized carbons (Fsp3) is 0.267. The van der Waals surface area contributed by atoms with Gasteiger partial charge in [-0.2, -0.15) is 0 Å². The van der Waals surface area contributed by atoms with Crippen LogP contribution in [0.3, 0.4) is 0 Å². The zero-order valence-electron chi connectivity index (χ0n) is 11.7. The minimum atomic E-state index is -0.222. The van der Waals surface area contributed by atoms with Gasteiger partial charge >= 0.3 is 0 Å². The number of aromatic nitrogens is 2. The number of hydrazine groups is 1. The van der Waals surface area contributed by atoms with E-state index in [4.69, 9.17) is 5.84 Å². The zero-order chi connectivity index (χ0) is 14.8. The Morgan fingerprint density at radius 1 is 1.43 bits per heavy atom. The molecule has 0 spiro atoms. The van der Waals surface area contributed by atoms with Gasteiger partial charge in [-0.05, 0) is 30.0 Å². The number of rotatable bonds is 5. The number of hydrogen-bond donors (Lipinski definition) is 2. The zero-order valence-corrected chi connectivity index (χ0v) is 12.5. The fourth-order valence-corrected chi connectivity index (χ4v) is 3.61. The van der Waals surface area contributed by atoms with Crippen molar-refractivity contribution in [3.05, 3.63) is 53.2 Å². The molecular formula is C15H17FN4S. The number of benzene rings is 1. The van der Waals surface area contributed by atoms with Crippen molar-refractivity contribution in [1.82, 2.24) is 15.0 Å². The van der Waals surface area contributed by atoms with E-state index in [1.54, 1.807) is 18.3 Å². The minimum Gasteiger partial charge on any atom is -0.333 e. The summed E-state index contributed by atoms with van der Waals surface area (Å²) in [6.07, 6.45) is 4.76. The summed E-state index contributed by atoms with van der Waals surface area (Å²) < 4.78 is 16.3. The lowest BCUT2D eigenvalue weighted by atomic mass is 10.2. The highest BCUT2D eigenvalue weighted by Crippen LogP contribution is 2.32. The molecule has 21 heavy (non-hydrogen) atoms. The molecule has 0 saturated heterocycles. The number of nitrogens with one attached hydrogen (secondary N) is 1. The summed E-state index contributed by atoms with van der Waals surface area (Å²) in [6, 6.07) is 6.66. The summed E-state index contributed by atoms with van der Waals surface area (Å²) in [5, 5.41) is 1.02. The van der Waals surface area contributed by atoms with Crippen molar-refractivity contribution in [1.29, 1.82) is 0 Å². The molecule has 0 aliphatic heterocycles. The van der Waals surface area contributed by atoms with Crippen LogP contribution in [0.4, 0.5) is 4.39 Å². The van der Waals surface area contributed by atoms with Gasteiger partial charge in [-0.25, -0.2) is 14.8 Å². The van der Waals surface area contributed by atoms with Crippen molar-refractivity contribution < 1.29 is 4.39 Å². The predicted octanol–water partition coefficient (Wildman–Crippen LogP) is 3.20. The summed E-state index contributed by atoms with van der Waals surface area (Å²) in [5.41, 5.74) is 2.83. The molecule has 2 heterocycles. The number of aryl methyl sites for hydroxylation is 1. The van der Waals surface area contributed by atoms with Gasteiger partial charge in [-0.15, -0.1) is 11.3 Å². The van der Waals surface area contributed by atoms with E-state index in [0.29, 0.717) is 0 Å². The minimum absolute atomic E-state index is 0.188. The van der Waals surface area contributed by atoms with Crippen molar-refractivity contribution >= 4 is 21.4 Å². The smallest absolute Gasteiger partial charge is 0.132 e. The van der Waals surface area contributed by atoms with Gasteiger partial charge in [0.15, 0.2) is 0 Å². The molecule has 3 N–H and O–H groups in total. The van der Waals surface area contributed by atoms with E-state index in [-0.39, 0.29) is 11.9 Å². The van der Waals surface area contributed by atoms with E-state index < -0.39 is 0 Å². The number of fused-ring (bicyclic) bond motifs is 1. The Balaban J connectivity index is 2.03. The van der Waals surface area contributed by atoms with Crippen molar-refractivity contribution in [2.45, 2.75) is 25.9 Å². The van der Waals surface area contributed by atoms with Crippen LogP contribution in [0.2, 0.25) is 0 Å². The van der Waals surface area contributed by atoms with Crippen LogP contribution in [0.1, 0.15) is 30.1 Å². The van der Waals surface area contributed by atoms with Gasteiger partial charge in [-0.1, -0.05) is 13.0 Å². The average molecular weight is 304 g/mol. The maximum atomic E-state index is 13.3. The molecule has 1 aromatic carbocycles. The highest BCUT2D eigenvalue weighted by atomic mass is 32.1. The number of nitrogens with zero attached hydrogens (tertiary/aromatic N) is 2. The topological polar surface area (TPSA) is 55.9 Å². The summed E-state index contributed by atoms with van der Waals surface area (Å²) >= 11 is 1.53. The Kier molecular flexibility index (Phi) is 4.01. The Morgan fingerprint density at radius 3 is 3.05 bits per heavy atom. The third-order valence-corrected chi connectivity index (χ3v) is 4.59. The quantitative estimate of drug-likeness (QED) is 0.562. The first-order valence-electron chi connectivity index (χ1n) is 6.89. The van der Waals surface area contributed by atoms with Gasteiger partial charge in [-0.3, -0.25) is 5.84 Å². The van der Waals surface area contributed by atoms with E-state index in [1.165, 1.54) is 17.4 Å². The van der Waals surface area contributed by atoms with Crippen LogP contribution in [-0.2, 0) is 6.54 Å². The number of halogens is 1. The molecule has 0 radical (unpaired) electrons. The Hall–Kier alpha value is -1.76. The normalized spacial score (nSPS) is 12.9. The highest BCUT2D eigenvalue weighted by Gasteiger charge is 2.20. The van der Waals surface area contributed by atoms with Crippen LogP contribution < -0.4 is 11.3 Å². The van der Waals surface area contributed by atoms with Crippen LogP contribution in [0.5, 0.6) is 0 Å². The second-order valence-electron chi connectivity index (χ2n) is 4.91. The number of thiophene rings is 1. The second-order valence-corrected chi connectivity index (χ2v) is 6.02. The lowest BCUT2D eigenvalue weighted by molar-refractivity contribution is 0.551. The molecule has 1 unspecified atom stereocenters. The second kappa shape index (κ2) is 5.93. The first-order valence-corrected chi connectivity index (χ1v) is 7.70. The Bertz CT molecular complexity index is 749. The molecule has 0 bridgehead atoms. The molecule has 0 aliphatic carbocycles. The summed E-state index contributed by atoms with van der Waals surface area (Å²) in [5.74, 6) is 6.40. The third kappa shape index (κ3) is 2.70. The standard InChI is InChI=1S/C15H17FN4S/c1-2-6-20-7-5-18-15(20)14(19-17)13-8-10-3-4-11(16)9-12(10)21-13/h3-5,7-9,14,19H,2,6,17H2,1H3. The van der Waals surface area contributed by atoms with E-state index in [0.717, 1.165) is 33.8 Å². The van der Waals surface area contributed by atoms with Crippen LogP contribution >= 0.6 is 11.3 Å². The van der Waals surface area contributed by atoms with E-state index in [2.05, 4.69) is 21.9 Å². The fourth-order valence-electron chi connectivity index (χ4n) is 2.46. The summed E-state index contributed by atoms with van der Waals surface area (Å²) in [4.78, 5) is 5.45. The third-order valence-electron chi connectivity index (χ3n) is 3.42. The van der Waals surface area contributed by atoms with Gasteiger partial charge in [0, 0.05) is 28.5 Å². The molecule has 4 nitrogen and oxygen atoms in total. The largest absolute Gasteiger partial charge is 0.333 e. The number of nitrogens with two attached hydrogens (primary N) is 1. The highest BCUT2D eigenvalue weighted by molar-refractivity contribution is 7.19. The molecular weight excluding hydrogens is 287 g/mol. The molecule has 0 fully saturated rings. The van der Waals surface area contributed by atoms with Crippen LogP contribution in [0.25, 0.3) is 10.1 Å². The molecule has 1 atom stereocenters. The van der Waals surface area contributed by atoms with Crippen LogP contribution in [0, 0.1) is 5.82 Å². The van der Waals surface area contributed by atoms with Gasteiger partial charge in [0.25, 0.3) is 0 Å². The van der Waals surface area contributed by atoms with Gasteiger partial charge in [0.05, 0.1) is 0 Å². The molecule has 0 saturated carbocycles. The Labute approximate surface area is 126 Å². The lowest BCUT2D eigenvalue weighted by Gasteiger charge is -2.15.